The Morgan fingerprint density at radius 1 is 1.09 bits per heavy atom. The Hall–Kier alpha value is -3.60. The number of likely N-dealkylation sites (tertiary alicyclic amines) is 1. The fourth-order valence-corrected chi connectivity index (χ4v) is 7.39. The average Bonchev–Trinajstić information content (AvgIpc) is 3.51. The molecule has 6 rings (SSSR count). The smallest absolute Gasteiger partial charge is 0.348 e. The van der Waals surface area contributed by atoms with Crippen molar-refractivity contribution in [2.75, 3.05) is 19.7 Å². The molecule has 0 amide bonds. The van der Waals surface area contributed by atoms with Crippen LogP contribution < -0.4 is 4.74 Å². The topological polar surface area (TPSA) is 81.8 Å². The highest BCUT2D eigenvalue weighted by atomic mass is 35.5. The molecule has 0 spiro atoms. The molecule has 3 aromatic heterocycles. The van der Waals surface area contributed by atoms with Gasteiger partial charge in [0.25, 0.3) is 0 Å². The first kappa shape index (κ1) is 32.3. The number of fused-ring (bicyclic) bond motifs is 1. The van der Waals surface area contributed by atoms with Crippen LogP contribution >= 0.6 is 22.9 Å². The van der Waals surface area contributed by atoms with E-state index in [-0.39, 0.29) is 18.4 Å². The Morgan fingerprint density at radius 3 is 2.72 bits per heavy atom. The van der Waals surface area contributed by atoms with Crippen LogP contribution in [0.4, 0.5) is 4.39 Å². The van der Waals surface area contributed by atoms with Crippen molar-refractivity contribution >= 4 is 45.5 Å². The van der Waals surface area contributed by atoms with Crippen LogP contribution in [0.15, 0.2) is 59.2 Å². The number of imidazole rings is 1. The van der Waals surface area contributed by atoms with Crippen LogP contribution in [0.5, 0.6) is 5.88 Å². The molecule has 2 aliphatic heterocycles. The molecule has 2 aliphatic rings. The number of esters is 1. The molecule has 0 radical (unpaired) electrons. The first-order chi connectivity index (χ1) is 22.4. The summed E-state index contributed by atoms with van der Waals surface area (Å²) in [5, 5.41) is 0.358. The molecule has 242 valence electrons. The largest absolute Gasteiger partial charge is 0.473 e. The summed E-state index contributed by atoms with van der Waals surface area (Å²) in [5.41, 5.74) is 3.70. The van der Waals surface area contributed by atoms with E-state index in [1.165, 1.54) is 23.0 Å². The maximum atomic E-state index is 14.2. The fraction of sp³-hybridized carbons (Fsp3) is 0.429. The third-order valence-electron chi connectivity index (χ3n) is 8.86. The maximum absolute atomic E-state index is 14.2. The van der Waals surface area contributed by atoms with Crippen molar-refractivity contribution in [3.8, 4) is 5.88 Å². The average molecular weight is 664 g/mol. The number of carbonyl (C=O) groups excluding carboxylic acids is 1. The van der Waals surface area contributed by atoms with Gasteiger partial charge in [0.05, 0.1) is 18.7 Å². The Labute approximate surface area is 277 Å². The summed E-state index contributed by atoms with van der Waals surface area (Å²) in [6.45, 7) is 7.73. The van der Waals surface area contributed by atoms with E-state index in [0.29, 0.717) is 46.3 Å². The molecule has 1 fully saturated rings. The van der Waals surface area contributed by atoms with Gasteiger partial charge in [-0.05, 0) is 87.9 Å². The lowest BCUT2D eigenvalue weighted by Crippen LogP contribution is -2.33. The number of allylic oxidation sites excluding steroid dienone is 1. The zero-order valence-corrected chi connectivity index (χ0v) is 27.8. The number of benzene rings is 1. The summed E-state index contributed by atoms with van der Waals surface area (Å²) >= 11 is 7.27. The number of hydrogen-bond donors (Lipinski definition) is 0. The monoisotopic (exact) mass is 663 g/mol. The molecule has 1 unspecified atom stereocenters. The van der Waals surface area contributed by atoms with Gasteiger partial charge in [-0.25, -0.2) is 19.2 Å². The predicted octanol–water partition coefficient (Wildman–Crippen LogP) is 8.20. The SMILES string of the molecule is CCOC(=O)c1cc2c(nc(CN3CCC(c4cccc(OCc5ccc(Cl)cc5F)n4)CC3)n2CC2=CN=CCCC2CC)s1. The van der Waals surface area contributed by atoms with Crippen LogP contribution in [0.25, 0.3) is 10.3 Å². The second-order valence-electron chi connectivity index (χ2n) is 11.8. The van der Waals surface area contributed by atoms with E-state index < -0.39 is 0 Å². The van der Waals surface area contributed by atoms with Gasteiger partial charge in [0.15, 0.2) is 0 Å². The normalized spacial score (nSPS) is 17.7. The number of piperidine rings is 1. The van der Waals surface area contributed by atoms with Crippen LogP contribution in [0.1, 0.15) is 78.6 Å². The number of aliphatic imine (C=N–C) groups is 1. The highest BCUT2D eigenvalue weighted by Gasteiger charge is 2.26. The van der Waals surface area contributed by atoms with Gasteiger partial charge in [0, 0.05) is 47.2 Å². The highest BCUT2D eigenvalue weighted by Crippen LogP contribution is 2.33. The molecule has 46 heavy (non-hydrogen) atoms. The number of carbonyl (C=O) groups is 1. The maximum Gasteiger partial charge on any atom is 0.348 e. The van der Waals surface area contributed by atoms with Crippen LogP contribution in [-0.4, -0.2) is 51.3 Å². The van der Waals surface area contributed by atoms with Crippen LogP contribution in [0, 0.1) is 11.7 Å². The van der Waals surface area contributed by atoms with Gasteiger partial charge >= 0.3 is 5.97 Å². The molecular weight excluding hydrogens is 625 g/mol. The number of thiophene rings is 1. The molecule has 11 heteroatoms. The summed E-state index contributed by atoms with van der Waals surface area (Å²) in [5.74, 6) is 1.57. The molecular formula is C35H39ClFN5O3S. The van der Waals surface area contributed by atoms with E-state index in [4.69, 9.17) is 31.0 Å². The molecule has 0 saturated carbocycles. The van der Waals surface area contributed by atoms with E-state index in [0.717, 1.165) is 73.6 Å². The minimum atomic E-state index is -0.388. The van der Waals surface area contributed by atoms with Crippen molar-refractivity contribution in [2.24, 2.45) is 10.9 Å². The third-order valence-corrected chi connectivity index (χ3v) is 10.1. The summed E-state index contributed by atoms with van der Waals surface area (Å²) in [6, 6.07) is 12.3. The number of ether oxygens (including phenoxy) is 2. The molecule has 1 atom stereocenters. The number of pyridine rings is 1. The Kier molecular flexibility index (Phi) is 10.5. The molecule has 1 saturated heterocycles. The number of halogens is 2. The minimum Gasteiger partial charge on any atom is -0.473 e. The summed E-state index contributed by atoms with van der Waals surface area (Å²) < 4.78 is 27.6. The van der Waals surface area contributed by atoms with E-state index in [9.17, 15) is 9.18 Å². The van der Waals surface area contributed by atoms with Crippen LogP contribution in [0.2, 0.25) is 5.02 Å². The number of nitrogens with zero attached hydrogens (tertiary/aromatic N) is 5. The van der Waals surface area contributed by atoms with Crippen molar-refractivity contribution in [3.05, 3.63) is 87.0 Å². The molecule has 4 aromatic rings. The Bertz CT molecular complexity index is 1740. The van der Waals surface area contributed by atoms with E-state index >= 15 is 0 Å². The second kappa shape index (κ2) is 14.9. The molecule has 5 heterocycles. The lowest BCUT2D eigenvalue weighted by Gasteiger charge is -2.31. The van der Waals surface area contributed by atoms with Crippen LogP contribution in [-0.2, 0) is 24.4 Å². The summed E-state index contributed by atoms with van der Waals surface area (Å²) in [7, 11) is 0. The zero-order chi connectivity index (χ0) is 32.0. The number of aromatic nitrogens is 3. The molecule has 1 aromatic carbocycles. The van der Waals surface area contributed by atoms with Crippen molar-refractivity contribution < 1.29 is 18.7 Å². The number of hydrogen-bond acceptors (Lipinski definition) is 8. The van der Waals surface area contributed by atoms with E-state index in [1.54, 1.807) is 12.1 Å². The van der Waals surface area contributed by atoms with Gasteiger partial charge in [-0.3, -0.25) is 9.89 Å². The van der Waals surface area contributed by atoms with Gasteiger partial charge in [-0.2, -0.15) is 0 Å². The van der Waals surface area contributed by atoms with Crippen molar-refractivity contribution in [1.29, 1.82) is 0 Å². The van der Waals surface area contributed by atoms with E-state index in [2.05, 4.69) is 21.4 Å². The predicted molar refractivity (Wildman–Crippen MR) is 180 cm³/mol. The summed E-state index contributed by atoms with van der Waals surface area (Å²) in [6.07, 6.45) is 9.08. The van der Waals surface area contributed by atoms with Gasteiger partial charge in [0.1, 0.15) is 28.0 Å². The van der Waals surface area contributed by atoms with Gasteiger partial charge in [-0.1, -0.05) is 30.7 Å². The standard InChI is InChI=1S/C35H39ClFN5O3S/c1-3-23-7-6-14-38-19-26(23)20-42-30-18-31(35(43)44-4-2)46-34(30)40-32(42)21-41-15-12-24(13-16-41)29-8-5-9-33(39-29)45-22-25-10-11-27(36)17-28(25)37/h5,8-11,14,17-19,23-24H,3-4,6-7,12-13,15-16,20-22H2,1-2H3. The highest BCUT2D eigenvalue weighted by molar-refractivity contribution is 7.20. The quantitative estimate of drug-likeness (QED) is 0.151. The minimum absolute atomic E-state index is 0.0888. The number of rotatable bonds is 11. The lowest BCUT2D eigenvalue weighted by molar-refractivity contribution is 0.0532. The van der Waals surface area contributed by atoms with Gasteiger partial charge in [-0.15, -0.1) is 11.3 Å². The van der Waals surface area contributed by atoms with Crippen LogP contribution in [0.3, 0.4) is 0 Å². The van der Waals surface area contributed by atoms with Crippen molar-refractivity contribution in [3.63, 3.8) is 0 Å². The Morgan fingerprint density at radius 2 is 1.93 bits per heavy atom. The molecule has 0 bridgehead atoms. The molecule has 0 aliphatic carbocycles. The first-order valence-electron chi connectivity index (χ1n) is 16.0. The second-order valence-corrected chi connectivity index (χ2v) is 13.3. The fourth-order valence-electron chi connectivity index (χ4n) is 6.29. The first-order valence-corrected chi connectivity index (χ1v) is 17.2. The van der Waals surface area contributed by atoms with Gasteiger partial charge in [0.2, 0.25) is 5.88 Å². The van der Waals surface area contributed by atoms with E-state index in [1.807, 2.05) is 43.6 Å². The van der Waals surface area contributed by atoms with Crippen molar-refractivity contribution in [2.45, 2.75) is 71.6 Å². The zero-order valence-electron chi connectivity index (χ0n) is 26.3. The third kappa shape index (κ3) is 7.51. The summed E-state index contributed by atoms with van der Waals surface area (Å²) in [4.78, 5) is 30.8. The van der Waals surface area contributed by atoms with Gasteiger partial charge < -0.3 is 14.0 Å². The molecule has 0 N–H and O–H groups in total. The molecule has 8 nitrogen and oxygen atoms in total. The Balaban J connectivity index is 1.14. The van der Waals surface area contributed by atoms with Crippen molar-refractivity contribution in [1.82, 2.24) is 19.4 Å². The lowest BCUT2D eigenvalue weighted by atomic mass is 9.92.